The second-order valence-electron chi connectivity index (χ2n) is 4.97. The number of hydrogen-bond donors (Lipinski definition) is 1. The fourth-order valence-corrected chi connectivity index (χ4v) is 3.12. The highest BCUT2D eigenvalue weighted by Gasteiger charge is 2.31. The third kappa shape index (κ3) is 2.02. The Morgan fingerprint density at radius 2 is 2.12 bits per heavy atom. The maximum atomic E-state index is 5.52. The monoisotopic (exact) mass is 220 g/mol. The van der Waals surface area contributed by atoms with Gasteiger partial charge in [-0.1, -0.05) is 0 Å². The maximum Gasteiger partial charge on any atom is 0.106 e. The molecule has 0 bridgehead atoms. The average molecular weight is 220 g/mol. The number of nitrogens with one attached hydrogen (secondary N) is 1. The van der Waals surface area contributed by atoms with E-state index in [1.165, 1.54) is 38.1 Å². The molecule has 2 atom stereocenters. The minimum Gasteiger partial charge on any atom is -0.469 e. The van der Waals surface area contributed by atoms with E-state index in [0.717, 1.165) is 19.1 Å². The number of hydrogen-bond acceptors (Lipinski definition) is 3. The van der Waals surface area contributed by atoms with Gasteiger partial charge in [0.1, 0.15) is 5.76 Å². The molecule has 16 heavy (non-hydrogen) atoms. The molecule has 1 aliphatic heterocycles. The van der Waals surface area contributed by atoms with Crippen LogP contribution in [0.15, 0.2) is 22.8 Å². The van der Waals surface area contributed by atoms with Crippen molar-refractivity contribution in [2.24, 2.45) is 0 Å². The summed E-state index contributed by atoms with van der Waals surface area (Å²) in [5.74, 6) is 1.85. The molecule has 1 aromatic rings. The van der Waals surface area contributed by atoms with Crippen LogP contribution in [0.5, 0.6) is 0 Å². The zero-order valence-electron chi connectivity index (χ0n) is 9.69. The lowest BCUT2D eigenvalue weighted by molar-refractivity contribution is 0.173. The number of piperazine rings is 1. The first-order valence-electron chi connectivity index (χ1n) is 6.41. The summed E-state index contributed by atoms with van der Waals surface area (Å²) in [4.78, 5) is 2.65. The first kappa shape index (κ1) is 10.4. The lowest BCUT2D eigenvalue weighted by Gasteiger charge is -2.32. The van der Waals surface area contributed by atoms with Crippen LogP contribution < -0.4 is 5.32 Å². The summed E-state index contributed by atoms with van der Waals surface area (Å²) in [5.41, 5.74) is 0. The van der Waals surface area contributed by atoms with Gasteiger partial charge in [-0.2, -0.15) is 0 Å². The summed E-state index contributed by atoms with van der Waals surface area (Å²) in [7, 11) is 0. The molecule has 3 nitrogen and oxygen atoms in total. The molecule has 3 rings (SSSR count). The van der Waals surface area contributed by atoms with E-state index in [0.29, 0.717) is 5.92 Å². The van der Waals surface area contributed by atoms with E-state index >= 15 is 0 Å². The molecule has 0 aromatic carbocycles. The first-order chi connectivity index (χ1) is 7.93. The third-order valence-corrected chi connectivity index (χ3v) is 4.02. The van der Waals surface area contributed by atoms with Gasteiger partial charge < -0.3 is 9.73 Å². The molecule has 88 valence electrons. The van der Waals surface area contributed by atoms with Gasteiger partial charge in [-0.15, -0.1) is 0 Å². The summed E-state index contributed by atoms with van der Waals surface area (Å²) >= 11 is 0. The minimum absolute atomic E-state index is 0.662. The van der Waals surface area contributed by atoms with Crippen molar-refractivity contribution in [3.8, 4) is 0 Å². The van der Waals surface area contributed by atoms with Crippen LogP contribution in [0.3, 0.4) is 0 Å². The number of furan rings is 1. The Morgan fingerprint density at radius 1 is 1.25 bits per heavy atom. The zero-order chi connectivity index (χ0) is 10.8. The number of rotatable bonds is 2. The van der Waals surface area contributed by atoms with Crippen molar-refractivity contribution in [3.63, 3.8) is 0 Å². The van der Waals surface area contributed by atoms with Crippen LogP contribution in [0.25, 0.3) is 0 Å². The fraction of sp³-hybridized carbons (Fsp3) is 0.692. The Kier molecular flexibility index (Phi) is 2.98. The molecule has 1 saturated heterocycles. The largest absolute Gasteiger partial charge is 0.469 e. The Bertz CT molecular complexity index is 317. The Balaban J connectivity index is 1.60. The predicted octanol–water partition coefficient (Wildman–Crippen LogP) is 1.82. The van der Waals surface area contributed by atoms with Crippen LogP contribution in [0.4, 0.5) is 0 Å². The van der Waals surface area contributed by atoms with Crippen molar-refractivity contribution >= 4 is 0 Å². The highest BCUT2D eigenvalue weighted by molar-refractivity contribution is 5.08. The summed E-state index contributed by atoms with van der Waals surface area (Å²) in [6.45, 7) is 4.74. The Hall–Kier alpha value is -0.800. The molecular formula is C13H20N2O. The molecular weight excluding hydrogens is 200 g/mol. The van der Waals surface area contributed by atoms with Gasteiger partial charge in [0.15, 0.2) is 0 Å². The second kappa shape index (κ2) is 4.60. The quantitative estimate of drug-likeness (QED) is 0.824. The fourth-order valence-electron chi connectivity index (χ4n) is 3.12. The molecule has 0 amide bonds. The van der Waals surface area contributed by atoms with Crippen molar-refractivity contribution in [1.29, 1.82) is 0 Å². The van der Waals surface area contributed by atoms with E-state index < -0.39 is 0 Å². The van der Waals surface area contributed by atoms with Gasteiger partial charge in [0, 0.05) is 38.1 Å². The molecule has 1 aromatic heterocycles. The summed E-state index contributed by atoms with van der Waals surface area (Å²) < 4.78 is 5.52. The van der Waals surface area contributed by atoms with Crippen molar-refractivity contribution in [1.82, 2.24) is 10.2 Å². The van der Waals surface area contributed by atoms with Gasteiger partial charge in [0.05, 0.1) is 6.26 Å². The summed E-state index contributed by atoms with van der Waals surface area (Å²) in [6.07, 6.45) is 5.72. The molecule has 2 fully saturated rings. The van der Waals surface area contributed by atoms with E-state index in [9.17, 15) is 0 Å². The molecule has 0 spiro atoms. The minimum atomic E-state index is 0.662. The van der Waals surface area contributed by atoms with Crippen LogP contribution in [0.1, 0.15) is 30.9 Å². The molecule has 1 N–H and O–H groups in total. The lowest BCUT2D eigenvalue weighted by atomic mass is 10.0. The van der Waals surface area contributed by atoms with Gasteiger partial charge in [-0.3, -0.25) is 4.90 Å². The molecule has 3 heteroatoms. The molecule has 2 aliphatic rings. The van der Waals surface area contributed by atoms with Crippen LogP contribution >= 0.6 is 0 Å². The normalized spacial score (nSPS) is 32.0. The van der Waals surface area contributed by atoms with E-state index in [2.05, 4.69) is 16.3 Å². The molecule has 2 heterocycles. The number of nitrogens with zero attached hydrogens (tertiary/aromatic N) is 1. The standard InChI is InChI=1S/C13H20N2O/c1-2-13(16-9-1)11-3-4-12(10-11)15-7-5-14-6-8-15/h1-2,9,11-12,14H,3-8,10H2. The van der Waals surface area contributed by atoms with E-state index in [1.54, 1.807) is 6.26 Å². The zero-order valence-corrected chi connectivity index (χ0v) is 9.69. The molecule has 0 radical (unpaired) electrons. The van der Waals surface area contributed by atoms with Gasteiger partial charge >= 0.3 is 0 Å². The Morgan fingerprint density at radius 3 is 2.88 bits per heavy atom. The van der Waals surface area contributed by atoms with Crippen LogP contribution in [-0.4, -0.2) is 37.1 Å². The van der Waals surface area contributed by atoms with Gasteiger partial charge in [-0.05, 0) is 31.4 Å². The molecule has 2 unspecified atom stereocenters. The van der Waals surface area contributed by atoms with Gasteiger partial charge in [0.2, 0.25) is 0 Å². The molecule has 1 aliphatic carbocycles. The van der Waals surface area contributed by atoms with Crippen LogP contribution in [0, 0.1) is 0 Å². The van der Waals surface area contributed by atoms with E-state index in [-0.39, 0.29) is 0 Å². The van der Waals surface area contributed by atoms with Crippen LogP contribution in [-0.2, 0) is 0 Å². The summed E-state index contributed by atoms with van der Waals surface area (Å²) in [5, 5.41) is 3.42. The summed E-state index contributed by atoms with van der Waals surface area (Å²) in [6, 6.07) is 4.93. The van der Waals surface area contributed by atoms with E-state index in [1.807, 2.05) is 6.07 Å². The Labute approximate surface area is 96.8 Å². The lowest BCUT2D eigenvalue weighted by Crippen LogP contribution is -2.47. The average Bonchev–Trinajstić information content (AvgIpc) is 3.01. The first-order valence-corrected chi connectivity index (χ1v) is 6.41. The van der Waals surface area contributed by atoms with Gasteiger partial charge in [-0.25, -0.2) is 0 Å². The van der Waals surface area contributed by atoms with Crippen LogP contribution in [0.2, 0.25) is 0 Å². The maximum absolute atomic E-state index is 5.52. The van der Waals surface area contributed by atoms with Crippen molar-refractivity contribution in [3.05, 3.63) is 24.2 Å². The highest BCUT2D eigenvalue weighted by Crippen LogP contribution is 2.37. The van der Waals surface area contributed by atoms with Crippen molar-refractivity contribution in [2.45, 2.75) is 31.2 Å². The van der Waals surface area contributed by atoms with E-state index in [4.69, 9.17) is 4.42 Å². The third-order valence-electron chi connectivity index (χ3n) is 4.02. The molecule has 1 saturated carbocycles. The highest BCUT2D eigenvalue weighted by atomic mass is 16.3. The van der Waals surface area contributed by atoms with Gasteiger partial charge in [0.25, 0.3) is 0 Å². The SMILES string of the molecule is c1coc(C2CCC(N3CCNCC3)C2)c1. The smallest absolute Gasteiger partial charge is 0.106 e. The predicted molar refractivity (Wildman–Crippen MR) is 63.5 cm³/mol. The second-order valence-corrected chi connectivity index (χ2v) is 4.97. The van der Waals surface area contributed by atoms with Crippen molar-refractivity contribution in [2.75, 3.05) is 26.2 Å². The van der Waals surface area contributed by atoms with Crippen molar-refractivity contribution < 1.29 is 4.42 Å². The topological polar surface area (TPSA) is 28.4 Å².